The largest absolute Gasteiger partial charge is 0.345 e. The van der Waals surface area contributed by atoms with Gasteiger partial charge in [0.2, 0.25) is 5.91 Å². The zero-order valence-electron chi connectivity index (χ0n) is 9.29. The van der Waals surface area contributed by atoms with E-state index >= 15 is 0 Å². The zero-order valence-corrected chi connectivity index (χ0v) is 10.0. The predicted octanol–water partition coefficient (Wildman–Crippen LogP) is 2.38. The third-order valence-corrected chi connectivity index (χ3v) is 4.16. The number of carbonyl (C=O) groups excluding carboxylic acids is 1. The van der Waals surface area contributed by atoms with Gasteiger partial charge in [-0.1, -0.05) is 17.7 Å². The highest BCUT2D eigenvalue weighted by molar-refractivity contribution is 6.31. The third kappa shape index (κ3) is 1.36. The number of amides is 1. The van der Waals surface area contributed by atoms with Crippen molar-refractivity contribution in [2.45, 2.75) is 25.2 Å². The summed E-state index contributed by atoms with van der Waals surface area (Å²) in [5.74, 6) is 0.685. The molecule has 1 amide bonds. The summed E-state index contributed by atoms with van der Waals surface area (Å²) >= 11 is 6.22. The molecular formula is C13H14ClNO. The molecule has 1 aliphatic carbocycles. The maximum Gasteiger partial charge on any atom is 0.226 e. The number of benzene rings is 1. The summed E-state index contributed by atoms with van der Waals surface area (Å²) in [5, 5.41) is 0.759. The Morgan fingerprint density at radius 3 is 3.06 bits per heavy atom. The van der Waals surface area contributed by atoms with Gasteiger partial charge in [-0.3, -0.25) is 4.79 Å². The van der Waals surface area contributed by atoms with Crippen molar-refractivity contribution in [2.24, 2.45) is 0 Å². The van der Waals surface area contributed by atoms with Gasteiger partial charge in [-0.25, -0.2) is 0 Å². The van der Waals surface area contributed by atoms with Crippen LogP contribution in [-0.2, 0) is 17.6 Å². The molecule has 84 valence electrons. The van der Waals surface area contributed by atoms with Crippen LogP contribution in [0.25, 0.3) is 0 Å². The number of hydrogen-bond donors (Lipinski definition) is 0. The number of carbonyl (C=O) groups is 1. The molecule has 16 heavy (non-hydrogen) atoms. The van der Waals surface area contributed by atoms with Gasteiger partial charge >= 0.3 is 0 Å². The minimum absolute atomic E-state index is 0.185. The van der Waals surface area contributed by atoms with Crippen LogP contribution in [0.5, 0.6) is 0 Å². The molecule has 0 bridgehead atoms. The molecule has 0 saturated carbocycles. The molecule has 2 nitrogen and oxygen atoms in total. The Morgan fingerprint density at radius 2 is 2.25 bits per heavy atom. The van der Waals surface area contributed by atoms with Crippen LogP contribution in [0.2, 0.25) is 5.02 Å². The van der Waals surface area contributed by atoms with E-state index in [0.29, 0.717) is 12.3 Å². The second kappa shape index (κ2) is 3.49. The van der Waals surface area contributed by atoms with Crippen LogP contribution in [0.4, 0.5) is 0 Å². The van der Waals surface area contributed by atoms with E-state index in [9.17, 15) is 4.79 Å². The first kappa shape index (κ1) is 10.2. The second-order valence-corrected chi connectivity index (χ2v) is 5.19. The average molecular weight is 236 g/mol. The molecule has 1 aromatic rings. The van der Waals surface area contributed by atoms with Crippen molar-refractivity contribution in [1.82, 2.24) is 4.90 Å². The first-order valence-corrected chi connectivity index (χ1v) is 6.08. The van der Waals surface area contributed by atoms with Crippen molar-refractivity contribution < 1.29 is 4.79 Å². The molecule has 0 saturated heterocycles. The van der Waals surface area contributed by atoms with Crippen LogP contribution in [-0.4, -0.2) is 24.4 Å². The third-order valence-electron chi connectivity index (χ3n) is 3.81. The van der Waals surface area contributed by atoms with Crippen molar-refractivity contribution in [3.8, 4) is 0 Å². The monoisotopic (exact) mass is 235 g/mol. The van der Waals surface area contributed by atoms with Gasteiger partial charge in [-0.05, 0) is 35.6 Å². The maximum absolute atomic E-state index is 11.9. The number of likely N-dealkylation sites (N-methyl/N-ethyl adjacent to an activating group) is 1. The standard InChI is InChI=1S/C13H14ClNO/c1-15-7-9-3-2-8-4-5-11(14)10(13(8)9)6-12(15)16/h4-5,9H,2-3,6-7H2,1H3. The van der Waals surface area contributed by atoms with Crippen LogP contribution in [0.3, 0.4) is 0 Å². The van der Waals surface area contributed by atoms with Crippen LogP contribution in [0.1, 0.15) is 29.0 Å². The number of halogens is 1. The molecular weight excluding hydrogens is 222 g/mol. The van der Waals surface area contributed by atoms with Crippen LogP contribution in [0.15, 0.2) is 12.1 Å². The first-order chi connectivity index (χ1) is 7.66. The van der Waals surface area contributed by atoms with Gasteiger partial charge in [0.25, 0.3) is 0 Å². The van der Waals surface area contributed by atoms with E-state index in [1.807, 2.05) is 18.0 Å². The summed E-state index contributed by atoms with van der Waals surface area (Å²) in [4.78, 5) is 13.7. The fourth-order valence-electron chi connectivity index (χ4n) is 2.97. The Balaban J connectivity index is 2.19. The summed E-state index contributed by atoms with van der Waals surface area (Å²) in [6, 6.07) is 4.06. The smallest absolute Gasteiger partial charge is 0.226 e. The van der Waals surface area contributed by atoms with Gasteiger partial charge < -0.3 is 4.90 Å². The van der Waals surface area contributed by atoms with Gasteiger partial charge in [-0.15, -0.1) is 0 Å². The van der Waals surface area contributed by atoms with Crippen molar-refractivity contribution in [1.29, 1.82) is 0 Å². The Morgan fingerprint density at radius 1 is 1.44 bits per heavy atom. The average Bonchev–Trinajstić information content (AvgIpc) is 2.60. The molecule has 1 aliphatic heterocycles. The lowest BCUT2D eigenvalue weighted by atomic mass is 9.95. The second-order valence-electron chi connectivity index (χ2n) is 4.79. The summed E-state index contributed by atoms with van der Waals surface area (Å²) < 4.78 is 0. The Bertz CT molecular complexity index is 469. The highest BCUT2D eigenvalue weighted by Gasteiger charge is 2.32. The maximum atomic E-state index is 11.9. The highest BCUT2D eigenvalue weighted by atomic mass is 35.5. The molecule has 2 aliphatic rings. The van der Waals surface area contributed by atoms with Gasteiger partial charge in [0, 0.05) is 24.5 Å². The summed E-state index contributed by atoms with van der Waals surface area (Å²) in [6.45, 7) is 0.846. The minimum Gasteiger partial charge on any atom is -0.345 e. The SMILES string of the molecule is CN1CC2CCc3ccc(Cl)c(c32)CC1=O. The van der Waals surface area contributed by atoms with E-state index in [2.05, 4.69) is 6.07 Å². The molecule has 1 unspecified atom stereocenters. The van der Waals surface area contributed by atoms with Gasteiger partial charge in [0.05, 0.1) is 6.42 Å². The first-order valence-electron chi connectivity index (χ1n) is 5.71. The zero-order chi connectivity index (χ0) is 11.3. The summed E-state index contributed by atoms with van der Waals surface area (Å²) in [6.07, 6.45) is 2.75. The number of rotatable bonds is 0. The molecule has 0 N–H and O–H groups in total. The molecule has 1 atom stereocenters. The molecule has 0 spiro atoms. The molecule has 3 rings (SSSR count). The fraction of sp³-hybridized carbons (Fsp3) is 0.462. The topological polar surface area (TPSA) is 20.3 Å². The van der Waals surface area contributed by atoms with Gasteiger partial charge in [-0.2, -0.15) is 0 Å². The fourth-order valence-corrected chi connectivity index (χ4v) is 3.20. The number of aryl methyl sites for hydroxylation is 1. The summed E-state index contributed by atoms with van der Waals surface area (Å²) in [5.41, 5.74) is 3.84. The van der Waals surface area contributed by atoms with Crippen LogP contribution >= 0.6 is 11.6 Å². The molecule has 3 heteroatoms. The molecule has 1 heterocycles. The molecule has 0 fully saturated rings. The van der Waals surface area contributed by atoms with Gasteiger partial charge in [0.15, 0.2) is 0 Å². The molecule has 0 aromatic heterocycles. The van der Waals surface area contributed by atoms with Crippen molar-refractivity contribution in [3.63, 3.8) is 0 Å². The lowest BCUT2D eigenvalue weighted by Crippen LogP contribution is -2.29. The molecule has 1 aromatic carbocycles. The van der Waals surface area contributed by atoms with Crippen LogP contribution < -0.4 is 0 Å². The Labute approximate surface area is 100 Å². The molecule has 0 radical (unpaired) electrons. The number of hydrogen-bond acceptors (Lipinski definition) is 1. The van der Waals surface area contributed by atoms with E-state index in [1.165, 1.54) is 11.1 Å². The lowest BCUT2D eigenvalue weighted by Gasteiger charge is -2.17. The lowest BCUT2D eigenvalue weighted by molar-refractivity contribution is -0.129. The van der Waals surface area contributed by atoms with E-state index in [4.69, 9.17) is 11.6 Å². The van der Waals surface area contributed by atoms with Crippen molar-refractivity contribution in [3.05, 3.63) is 33.8 Å². The van der Waals surface area contributed by atoms with E-state index in [0.717, 1.165) is 30.0 Å². The normalized spacial score (nSPS) is 23.2. The van der Waals surface area contributed by atoms with Crippen molar-refractivity contribution in [2.75, 3.05) is 13.6 Å². The van der Waals surface area contributed by atoms with Crippen molar-refractivity contribution >= 4 is 17.5 Å². The predicted molar refractivity (Wildman–Crippen MR) is 63.9 cm³/mol. The Hall–Kier alpha value is -1.02. The Kier molecular flexibility index (Phi) is 2.21. The minimum atomic E-state index is 0.185. The van der Waals surface area contributed by atoms with Crippen LogP contribution in [0, 0.1) is 0 Å². The quantitative estimate of drug-likeness (QED) is 0.676. The highest BCUT2D eigenvalue weighted by Crippen LogP contribution is 2.40. The summed E-state index contributed by atoms with van der Waals surface area (Å²) in [7, 11) is 1.89. The van der Waals surface area contributed by atoms with E-state index in [1.54, 1.807) is 0 Å². The van der Waals surface area contributed by atoms with E-state index < -0.39 is 0 Å². The van der Waals surface area contributed by atoms with E-state index in [-0.39, 0.29) is 5.91 Å². The number of nitrogens with zero attached hydrogens (tertiary/aromatic N) is 1. The van der Waals surface area contributed by atoms with Gasteiger partial charge in [0.1, 0.15) is 0 Å².